The summed E-state index contributed by atoms with van der Waals surface area (Å²) in [6, 6.07) is 9.82. The topological polar surface area (TPSA) is 20.3 Å². The highest BCUT2D eigenvalue weighted by Gasteiger charge is 2.53. The maximum atomic E-state index is 12.1. The molecule has 5 atom stereocenters. The van der Waals surface area contributed by atoms with Gasteiger partial charge in [0.15, 0.2) is 0 Å². The van der Waals surface area contributed by atoms with Crippen LogP contribution in [0.5, 0.6) is 0 Å². The molecule has 208 valence electrons. The molecule has 1 amide bonds. The van der Waals surface area contributed by atoms with E-state index in [-0.39, 0.29) is 0 Å². The van der Waals surface area contributed by atoms with Crippen LogP contribution in [0.15, 0.2) is 24.3 Å². The lowest BCUT2D eigenvalue weighted by Crippen LogP contribution is -2.44. The van der Waals surface area contributed by atoms with Crippen LogP contribution in [0.4, 0.5) is 0 Å². The Balaban J connectivity index is 1.11. The first kappa shape index (κ1) is 28.7. The van der Waals surface area contributed by atoms with Crippen LogP contribution < -0.4 is 0 Å². The number of hydrogen-bond donors (Lipinski definition) is 0. The lowest BCUT2D eigenvalue weighted by atomic mass is 9.51. The molecule has 0 saturated heterocycles. The fourth-order valence-corrected chi connectivity index (χ4v) is 8.69. The highest BCUT2D eigenvalue weighted by molar-refractivity contribution is 5.76. The minimum atomic E-state index is 0.309. The van der Waals surface area contributed by atoms with E-state index in [4.69, 9.17) is 0 Å². The van der Waals surface area contributed by atoms with E-state index in [1.54, 1.807) is 11.1 Å². The standard InChI is InChI=1S/C35H57NO/c1-27(2)36(4)33(37)22-14-12-10-8-6-5-7-9-11-13-19-29-26-35(3)25-17-21-32(35)31-24-23-28-18-15-16-20-30(28)34(29)31/h15-16,18,20,27,29,31-32,34H,5-14,17,19,21-26H2,1-4H3/t29-,31-,32-,34+,35-/m0/s1. The van der Waals surface area contributed by atoms with Gasteiger partial charge in [-0.3, -0.25) is 4.79 Å². The van der Waals surface area contributed by atoms with Crippen molar-refractivity contribution in [3.63, 3.8) is 0 Å². The Bertz CT molecular complexity index is 845. The van der Waals surface area contributed by atoms with Crippen molar-refractivity contribution in [3.05, 3.63) is 35.4 Å². The molecule has 0 bridgehead atoms. The molecular formula is C35H57NO. The Morgan fingerprint density at radius 3 is 2.30 bits per heavy atom. The van der Waals surface area contributed by atoms with Gasteiger partial charge in [-0.15, -0.1) is 0 Å². The summed E-state index contributed by atoms with van der Waals surface area (Å²) in [7, 11) is 1.93. The zero-order valence-corrected chi connectivity index (χ0v) is 24.8. The lowest BCUT2D eigenvalue weighted by Gasteiger charge is -2.53. The first-order chi connectivity index (χ1) is 17.9. The van der Waals surface area contributed by atoms with Gasteiger partial charge in [0.05, 0.1) is 0 Å². The van der Waals surface area contributed by atoms with Crippen LogP contribution in [-0.2, 0) is 11.2 Å². The quantitative estimate of drug-likeness (QED) is 0.229. The van der Waals surface area contributed by atoms with E-state index in [1.165, 1.54) is 103 Å². The molecule has 3 aliphatic rings. The molecule has 2 nitrogen and oxygen atoms in total. The summed E-state index contributed by atoms with van der Waals surface area (Å²) >= 11 is 0. The Labute approximate surface area is 229 Å². The van der Waals surface area contributed by atoms with Crippen LogP contribution >= 0.6 is 0 Å². The van der Waals surface area contributed by atoms with Crippen LogP contribution in [0.2, 0.25) is 0 Å². The number of amides is 1. The molecule has 2 saturated carbocycles. The molecule has 37 heavy (non-hydrogen) atoms. The Morgan fingerprint density at radius 1 is 0.946 bits per heavy atom. The van der Waals surface area contributed by atoms with Crippen molar-refractivity contribution in [2.45, 2.75) is 148 Å². The summed E-state index contributed by atoms with van der Waals surface area (Å²) in [6.45, 7) is 6.84. The number of hydrogen-bond acceptors (Lipinski definition) is 1. The van der Waals surface area contributed by atoms with Gasteiger partial charge in [0.25, 0.3) is 0 Å². The molecule has 0 aliphatic heterocycles. The lowest BCUT2D eigenvalue weighted by molar-refractivity contribution is -0.131. The summed E-state index contributed by atoms with van der Waals surface area (Å²) in [4.78, 5) is 13.9. The molecule has 0 spiro atoms. The SMILES string of the molecule is CC(C)N(C)C(=O)CCCCCCCCCCCC[C@H]1C[C@]2(C)CCC[C@H]2[C@@H]2CCc3ccccc3[C@@H]12. The summed E-state index contributed by atoms with van der Waals surface area (Å²) in [6.07, 6.45) is 24.3. The molecule has 1 aromatic carbocycles. The van der Waals surface area contributed by atoms with E-state index >= 15 is 0 Å². The van der Waals surface area contributed by atoms with Gasteiger partial charge in [-0.1, -0.05) is 95.4 Å². The Hall–Kier alpha value is -1.31. The van der Waals surface area contributed by atoms with Crippen LogP contribution in [0.25, 0.3) is 0 Å². The second-order valence-corrected chi connectivity index (χ2v) is 13.7. The fraction of sp³-hybridized carbons (Fsp3) is 0.800. The number of carbonyl (C=O) groups excluding carboxylic acids is 1. The maximum Gasteiger partial charge on any atom is 0.222 e. The molecule has 1 aromatic rings. The van der Waals surface area contributed by atoms with Gasteiger partial charge in [0.2, 0.25) is 5.91 Å². The van der Waals surface area contributed by atoms with Crippen molar-refractivity contribution < 1.29 is 4.79 Å². The van der Waals surface area contributed by atoms with Crippen molar-refractivity contribution >= 4 is 5.91 Å². The number of aryl methyl sites for hydroxylation is 1. The molecule has 0 unspecified atom stereocenters. The largest absolute Gasteiger partial charge is 0.343 e. The summed E-state index contributed by atoms with van der Waals surface area (Å²) in [5.41, 5.74) is 4.05. The Morgan fingerprint density at radius 2 is 1.59 bits per heavy atom. The number of carbonyl (C=O) groups is 1. The summed E-state index contributed by atoms with van der Waals surface area (Å²) in [5, 5.41) is 0. The second-order valence-electron chi connectivity index (χ2n) is 13.7. The van der Waals surface area contributed by atoms with Crippen LogP contribution in [0.1, 0.15) is 147 Å². The number of rotatable bonds is 14. The van der Waals surface area contributed by atoms with Gasteiger partial charge in [0, 0.05) is 19.5 Å². The minimum absolute atomic E-state index is 0.309. The smallest absolute Gasteiger partial charge is 0.222 e. The van der Waals surface area contributed by atoms with E-state index < -0.39 is 0 Å². The van der Waals surface area contributed by atoms with Gasteiger partial charge in [-0.25, -0.2) is 0 Å². The number of unbranched alkanes of at least 4 members (excludes halogenated alkanes) is 9. The van der Waals surface area contributed by atoms with E-state index in [2.05, 4.69) is 45.0 Å². The predicted octanol–water partition coefficient (Wildman–Crippen LogP) is 9.71. The zero-order chi connectivity index (χ0) is 26.3. The first-order valence-corrected chi connectivity index (χ1v) is 16.2. The van der Waals surface area contributed by atoms with E-state index in [9.17, 15) is 4.79 Å². The van der Waals surface area contributed by atoms with Gasteiger partial charge >= 0.3 is 0 Å². The molecule has 3 aliphatic carbocycles. The highest BCUT2D eigenvalue weighted by atomic mass is 16.2. The molecule has 0 aromatic heterocycles. The molecule has 4 rings (SSSR count). The molecule has 0 heterocycles. The van der Waals surface area contributed by atoms with Gasteiger partial charge < -0.3 is 4.90 Å². The number of benzene rings is 1. The third-order valence-corrected chi connectivity index (χ3v) is 10.9. The fourth-order valence-electron chi connectivity index (χ4n) is 8.69. The van der Waals surface area contributed by atoms with E-state index in [0.29, 0.717) is 17.4 Å². The van der Waals surface area contributed by atoms with Crippen molar-refractivity contribution in [2.75, 3.05) is 7.05 Å². The van der Waals surface area contributed by atoms with Crippen molar-refractivity contribution in [1.82, 2.24) is 4.90 Å². The molecule has 0 radical (unpaired) electrons. The average Bonchev–Trinajstić information content (AvgIpc) is 3.29. The van der Waals surface area contributed by atoms with E-state index in [0.717, 1.165) is 36.5 Å². The molecule has 2 heteroatoms. The molecule has 2 fully saturated rings. The summed E-state index contributed by atoms with van der Waals surface area (Å²) in [5.74, 6) is 4.02. The van der Waals surface area contributed by atoms with Crippen LogP contribution in [0, 0.1) is 23.2 Å². The highest BCUT2D eigenvalue weighted by Crippen LogP contribution is 2.63. The Kier molecular flexibility index (Phi) is 10.6. The third-order valence-electron chi connectivity index (χ3n) is 10.9. The normalized spacial score (nSPS) is 28.6. The number of fused-ring (bicyclic) bond motifs is 5. The second kappa shape index (κ2) is 13.7. The van der Waals surface area contributed by atoms with Crippen LogP contribution in [-0.4, -0.2) is 23.9 Å². The molecular weight excluding hydrogens is 450 g/mol. The van der Waals surface area contributed by atoms with E-state index in [1.807, 2.05) is 11.9 Å². The van der Waals surface area contributed by atoms with Crippen LogP contribution in [0.3, 0.4) is 0 Å². The monoisotopic (exact) mass is 507 g/mol. The predicted molar refractivity (Wildman–Crippen MR) is 158 cm³/mol. The van der Waals surface area contributed by atoms with Gasteiger partial charge in [-0.05, 0) is 99.0 Å². The van der Waals surface area contributed by atoms with Gasteiger partial charge in [0.1, 0.15) is 0 Å². The first-order valence-electron chi connectivity index (χ1n) is 16.2. The molecule has 0 N–H and O–H groups in total. The third kappa shape index (κ3) is 7.21. The minimum Gasteiger partial charge on any atom is -0.343 e. The van der Waals surface area contributed by atoms with Crippen molar-refractivity contribution in [1.29, 1.82) is 0 Å². The number of nitrogens with zero attached hydrogens (tertiary/aromatic N) is 1. The van der Waals surface area contributed by atoms with Gasteiger partial charge in [-0.2, -0.15) is 0 Å². The average molecular weight is 508 g/mol. The van der Waals surface area contributed by atoms with Crippen molar-refractivity contribution in [3.8, 4) is 0 Å². The maximum absolute atomic E-state index is 12.1. The summed E-state index contributed by atoms with van der Waals surface area (Å²) < 4.78 is 0. The zero-order valence-electron chi connectivity index (χ0n) is 24.8. The van der Waals surface area contributed by atoms with Crippen molar-refractivity contribution in [2.24, 2.45) is 23.2 Å².